The number of amides is 1. The van der Waals surface area contributed by atoms with Crippen molar-refractivity contribution in [3.8, 4) is 0 Å². The standard InChI is InChI=1S/C8H12F3NO5/c1-7(2,3)16-6(15)12-17-4(5(13)14)8(9,10)11/h4H,1-3H3,(H,12,15)(H,13,14). The maximum atomic E-state index is 12.1. The van der Waals surface area contributed by atoms with E-state index >= 15 is 0 Å². The third-order valence-electron chi connectivity index (χ3n) is 1.18. The fraction of sp³-hybridized carbons (Fsp3) is 0.750. The number of hydroxylamine groups is 1. The predicted octanol–water partition coefficient (Wildman–Crippen LogP) is 1.46. The van der Waals surface area contributed by atoms with Crippen molar-refractivity contribution < 1.29 is 37.4 Å². The second kappa shape index (κ2) is 5.21. The van der Waals surface area contributed by atoms with Crippen molar-refractivity contribution in [3.63, 3.8) is 0 Å². The highest BCUT2D eigenvalue weighted by atomic mass is 19.4. The van der Waals surface area contributed by atoms with Crippen LogP contribution in [0.2, 0.25) is 0 Å². The van der Waals surface area contributed by atoms with Crippen molar-refractivity contribution >= 4 is 12.1 Å². The lowest BCUT2D eigenvalue weighted by atomic mass is 10.2. The molecule has 2 N–H and O–H groups in total. The zero-order valence-electron chi connectivity index (χ0n) is 9.29. The molecule has 0 aromatic heterocycles. The Kier molecular flexibility index (Phi) is 4.75. The molecule has 17 heavy (non-hydrogen) atoms. The van der Waals surface area contributed by atoms with Gasteiger partial charge in [0.15, 0.2) is 0 Å². The summed E-state index contributed by atoms with van der Waals surface area (Å²) in [5, 5.41) is 8.22. The molecule has 0 aromatic rings. The number of halogens is 3. The fourth-order valence-corrected chi connectivity index (χ4v) is 0.663. The van der Waals surface area contributed by atoms with Crippen LogP contribution in [0.25, 0.3) is 0 Å². The van der Waals surface area contributed by atoms with Crippen LogP contribution in [-0.4, -0.2) is 35.1 Å². The van der Waals surface area contributed by atoms with E-state index in [9.17, 15) is 22.8 Å². The number of carboxylic acid groups (broad SMARTS) is 1. The molecule has 6 nitrogen and oxygen atoms in total. The van der Waals surface area contributed by atoms with Gasteiger partial charge in [0.05, 0.1) is 0 Å². The average Bonchev–Trinajstić information content (AvgIpc) is 1.96. The molecule has 0 aliphatic heterocycles. The van der Waals surface area contributed by atoms with Gasteiger partial charge >= 0.3 is 18.2 Å². The molecule has 0 fully saturated rings. The van der Waals surface area contributed by atoms with E-state index in [-0.39, 0.29) is 0 Å². The monoisotopic (exact) mass is 259 g/mol. The number of nitrogens with one attached hydrogen (secondary N) is 1. The van der Waals surface area contributed by atoms with Crippen molar-refractivity contribution in [2.24, 2.45) is 0 Å². The third kappa shape index (κ3) is 6.61. The summed E-state index contributed by atoms with van der Waals surface area (Å²) in [6, 6.07) is 0. The summed E-state index contributed by atoms with van der Waals surface area (Å²) < 4.78 is 40.7. The zero-order chi connectivity index (χ0) is 13.9. The summed E-state index contributed by atoms with van der Waals surface area (Å²) in [5.74, 6) is -2.27. The topological polar surface area (TPSA) is 84.9 Å². The Morgan fingerprint density at radius 2 is 1.71 bits per heavy atom. The molecule has 0 aliphatic carbocycles. The Labute approximate surface area is 94.6 Å². The summed E-state index contributed by atoms with van der Waals surface area (Å²) in [6.45, 7) is 4.43. The highest BCUT2D eigenvalue weighted by Gasteiger charge is 2.47. The van der Waals surface area contributed by atoms with Crippen LogP contribution in [0.15, 0.2) is 0 Å². The molecule has 1 amide bonds. The maximum absolute atomic E-state index is 12.1. The van der Waals surface area contributed by atoms with Crippen molar-refractivity contribution in [2.75, 3.05) is 0 Å². The molecule has 0 aromatic carbocycles. The Bertz CT molecular complexity index is 297. The molecule has 100 valence electrons. The quantitative estimate of drug-likeness (QED) is 0.749. The SMILES string of the molecule is CC(C)(C)OC(=O)NOC(C(=O)O)C(F)(F)F. The smallest absolute Gasteiger partial charge is 0.431 e. The van der Waals surface area contributed by atoms with Gasteiger partial charge in [-0.05, 0) is 20.8 Å². The van der Waals surface area contributed by atoms with Crippen molar-refractivity contribution in [2.45, 2.75) is 38.7 Å². The summed E-state index contributed by atoms with van der Waals surface area (Å²) in [6.07, 6.45) is -9.59. The van der Waals surface area contributed by atoms with Gasteiger partial charge in [-0.15, -0.1) is 0 Å². The van der Waals surface area contributed by atoms with Crippen molar-refractivity contribution in [3.05, 3.63) is 0 Å². The Morgan fingerprint density at radius 1 is 1.24 bits per heavy atom. The minimum atomic E-state index is -5.14. The normalized spacial score (nSPS) is 14.0. The first-order chi connectivity index (χ1) is 7.43. The second-order valence-corrected chi connectivity index (χ2v) is 3.98. The van der Waals surface area contributed by atoms with E-state index in [0.29, 0.717) is 0 Å². The van der Waals surface area contributed by atoms with Crippen molar-refractivity contribution in [1.29, 1.82) is 0 Å². The molecule has 0 heterocycles. The number of hydrogen-bond acceptors (Lipinski definition) is 4. The first kappa shape index (κ1) is 15.5. The number of carbonyl (C=O) groups excluding carboxylic acids is 1. The van der Waals surface area contributed by atoms with Gasteiger partial charge in [-0.25, -0.2) is 14.4 Å². The van der Waals surface area contributed by atoms with Gasteiger partial charge in [0, 0.05) is 0 Å². The highest BCUT2D eigenvalue weighted by molar-refractivity contribution is 5.74. The van der Waals surface area contributed by atoms with Gasteiger partial charge in [0.25, 0.3) is 6.10 Å². The molecule has 1 atom stereocenters. The van der Waals surface area contributed by atoms with Crippen LogP contribution in [0.1, 0.15) is 20.8 Å². The zero-order valence-corrected chi connectivity index (χ0v) is 9.29. The van der Waals surface area contributed by atoms with Crippen LogP contribution in [0.4, 0.5) is 18.0 Å². The predicted molar refractivity (Wildman–Crippen MR) is 47.9 cm³/mol. The van der Waals surface area contributed by atoms with Crippen LogP contribution in [0.5, 0.6) is 0 Å². The van der Waals surface area contributed by atoms with Crippen LogP contribution < -0.4 is 5.48 Å². The first-order valence-electron chi connectivity index (χ1n) is 4.37. The molecule has 1 unspecified atom stereocenters. The minimum absolute atomic E-state index is 0.940. The highest BCUT2D eigenvalue weighted by Crippen LogP contribution is 2.22. The van der Waals surface area contributed by atoms with Crippen LogP contribution in [0.3, 0.4) is 0 Å². The Hall–Kier alpha value is -1.51. The van der Waals surface area contributed by atoms with E-state index in [1.165, 1.54) is 26.3 Å². The fourth-order valence-electron chi connectivity index (χ4n) is 0.663. The average molecular weight is 259 g/mol. The third-order valence-corrected chi connectivity index (χ3v) is 1.18. The van der Waals surface area contributed by atoms with Gasteiger partial charge in [-0.1, -0.05) is 0 Å². The first-order valence-corrected chi connectivity index (χ1v) is 4.37. The number of hydrogen-bond donors (Lipinski definition) is 2. The number of aliphatic carboxylic acids is 1. The molecule has 0 aliphatic rings. The lowest BCUT2D eigenvalue weighted by molar-refractivity contribution is -0.238. The van der Waals surface area contributed by atoms with Gasteiger partial charge in [-0.3, -0.25) is 0 Å². The Morgan fingerprint density at radius 3 is 2.00 bits per heavy atom. The summed E-state index contributed by atoms with van der Waals surface area (Å²) in [5.41, 5.74) is 0.325. The lowest BCUT2D eigenvalue weighted by Gasteiger charge is -2.21. The van der Waals surface area contributed by atoms with Gasteiger partial charge in [0.1, 0.15) is 5.60 Å². The molecule has 9 heteroatoms. The van der Waals surface area contributed by atoms with E-state index in [4.69, 9.17) is 5.11 Å². The van der Waals surface area contributed by atoms with Gasteiger partial charge < -0.3 is 9.84 Å². The molecular weight excluding hydrogens is 247 g/mol. The van der Waals surface area contributed by atoms with E-state index < -0.39 is 29.9 Å². The van der Waals surface area contributed by atoms with Gasteiger partial charge in [0.2, 0.25) is 0 Å². The van der Waals surface area contributed by atoms with E-state index in [1.807, 2.05) is 0 Å². The van der Waals surface area contributed by atoms with E-state index in [2.05, 4.69) is 9.57 Å². The van der Waals surface area contributed by atoms with Crippen molar-refractivity contribution in [1.82, 2.24) is 5.48 Å². The molecular formula is C8H12F3NO5. The largest absolute Gasteiger partial charge is 0.479 e. The number of ether oxygens (including phenoxy) is 1. The van der Waals surface area contributed by atoms with Crippen LogP contribution in [-0.2, 0) is 14.4 Å². The second-order valence-electron chi connectivity index (χ2n) is 3.98. The molecule has 0 saturated heterocycles. The number of carboxylic acids is 1. The van der Waals surface area contributed by atoms with Crippen LogP contribution >= 0.6 is 0 Å². The van der Waals surface area contributed by atoms with E-state index in [0.717, 1.165) is 0 Å². The lowest BCUT2D eigenvalue weighted by Crippen LogP contribution is -2.45. The molecule has 0 bridgehead atoms. The molecule has 0 saturated carbocycles. The Balaban J connectivity index is 4.34. The minimum Gasteiger partial charge on any atom is -0.479 e. The summed E-state index contributed by atoms with van der Waals surface area (Å²) >= 11 is 0. The van der Waals surface area contributed by atoms with E-state index in [1.54, 1.807) is 0 Å². The van der Waals surface area contributed by atoms with Crippen LogP contribution in [0, 0.1) is 0 Å². The summed E-state index contributed by atoms with van der Waals surface area (Å²) in [4.78, 5) is 24.8. The molecule has 0 spiro atoms. The summed E-state index contributed by atoms with van der Waals surface area (Å²) in [7, 11) is 0. The number of rotatable bonds is 3. The van der Waals surface area contributed by atoms with Gasteiger partial charge in [-0.2, -0.15) is 18.7 Å². The number of carbonyl (C=O) groups is 2. The molecule has 0 rings (SSSR count). The number of alkyl halides is 3. The molecule has 0 radical (unpaired) electrons. The maximum Gasteiger partial charge on any atom is 0.431 e.